The molecule has 74 valence electrons. The molecule has 3 nitrogen and oxygen atoms in total. The Balaban J connectivity index is 3.33. The molecule has 1 N–H and O–H groups in total. The molecule has 0 aromatic heterocycles. The molecule has 0 aliphatic carbocycles. The van der Waals surface area contributed by atoms with Crippen LogP contribution in [0.25, 0.3) is 0 Å². The lowest BCUT2D eigenvalue weighted by Crippen LogP contribution is -2.36. The summed E-state index contributed by atoms with van der Waals surface area (Å²) in [7, 11) is 1.92. The van der Waals surface area contributed by atoms with Gasteiger partial charge in [-0.05, 0) is 27.8 Å². The molecule has 0 radical (unpaired) electrons. The highest BCUT2D eigenvalue weighted by Gasteiger charge is 2.16. The highest BCUT2D eigenvalue weighted by Crippen LogP contribution is 2.06. The monoisotopic (exact) mass is 175 g/mol. The summed E-state index contributed by atoms with van der Waals surface area (Å²) in [5, 5.41) is 3.08. The number of nitrogens with one attached hydrogen (secondary N) is 1. The Morgan fingerprint density at radius 3 is 2.42 bits per heavy atom. The van der Waals surface area contributed by atoms with Crippen molar-refractivity contribution in [3.8, 4) is 0 Å². The van der Waals surface area contributed by atoms with Crippen LogP contribution in [0.1, 0.15) is 20.8 Å². The summed E-state index contributed by atoms with van der Waals surface area (Å²) in [6.07, 6.45) is 0. The van der Waals surface area contributed by atoms with E-state index in [0.29, 0.717) is 13.2 Å². The van der Waals surface area contributed by atoms with Gasteiger partial charge in [0.25, 0.3) is 0 Å². The fourth-order valence-electron chi connectivity index (χ4n) is 0.998. The van der Waals surface area contributed by atoms with Gasteiger partial charge < -0.3 is 14.8 Å². The van der Waals surface area contributed by atoms with Gasteiger partial charge in [0, 0.05) is 13.2 Å². The summed E-state index contributed by atoms with van der Waals surface area (Å²) in [6.45, 7) is 9.09. The topological polar surface area (TPSA) is 30.5 Å². The van der Waals surface area contributed by atoms with E-state index in [1.54, 1.807) is 0 Å². The second-order valence-electron chi connectivity index (χ2n) is 3.34. The lowest BCUT2D eigenvalue weighted by molar-refractivity contribution is -0.0422. The minimum Gasteiger partial charge on any atom is -0.379 e. The van der Waals surface area contributed by atoms with Crippen LogP contribution in [0.4, 0.5) is 0 Å². The van der Waals surface area contributed by atoms with Crippen molar-refractivity contribution in [1.82, 2.24) is 5.32 Å². The number of hydrogen-bond donors (Lipinski definition) is 1. The Kier molecular flexibility index (Phi) is 6.34. The Morgan fingerprint density at radius 1 is 1.25 bits per heavy atom. The van der Waals surface area contributed by atoms with Crippen molar-refractivity contribution >= 4 is 0 Å². The first-order valence-corrected chi connectivity index (χ1v) is 4.48. The van der Waals surface area contributed by atoms with E-state index in [0.717, 1.165) is 13.2 Å². The van der Waals surface area contributed by atoms with Crippen LogP contribution in [0.3, 0.4) is 0 Å². The second kappa shape index (κ2) is 6.40. The minimum absolute atomic E-state index is 0.0914. The zero-order valence-corrected chi connectivity index (χ0v) is 8.64. The predicted molar refractivity (Wildman–Crippen MR) is 50.5 cm³/mol. The van der Waals surface area contributed by atoms with Gasteiger partial charge in [-0.2, -0.15) is 0 Å². The van der Waals surface area contributed by atoms with E-state index in [-0.39, 0.29) is 5.60 Å². The van der Waals surface area contributed by atoms with Crippen molar-refractivity contribution in [2.45, 2.75) is 26.4 Å². The van der Waals surface area contributed by atoms with Crippen molar-refractivity contribution in [2.75, 3.05) is 33.4 Å². The first-order valence-electron chi connectivity index (χ1n) is 4.48. The Morgan fingerprint density at radius 2 is 1.92 bits per heavy atom. The predicted octanol–water partition coefficient (Wildman–Crippen LogP) is 1.04. The van der Waals surface area contributed by atoms with Crippen LogP contribution in [-0.4, -0.2) is 39.0 Å². The molecular formula is C9H21NO2. The molecule has 0 bridgehead atoms. The summed E-state index contributed by atoms with van der Waals surface area (Å²) in [5.41, 5.74) is -0.0914. The summed E-state index contributed by atoms with van der Waals surface area (Å²) < 4.78 is 10.7. The lowest BCUT2D eigenvalue weighted by atomic mass is 10.1. The summed E-state index contributed by atoms with van der Waals surface area (Å²) in [6, 6.07) is 0. The van der Waals surface area contributed by atoms with Crippen molar-refractivity contribution in [1.29, 1.82) is 0 Å². The molecule has 0 spiro atoms. The summed E-state index contributed by atoms with van der Waals surface area (Å²) >= 11 is 0. The van der Waals surface area contributed by atoms with Gasteiger partial charge in [0.1, 0.15) is 0 Å². The quantitative estimate of drug-likeness (QED) is 0.586. The maximum absolute atomic E-state index is 5.58. The number of rotatable bonds is 7. The van der Waals surface area contributed by atoms with E-state index in [2.05, 4.69) is 19.2 Å². The summed E-state index contributed by atoms with van der Waals surface area (Å²) in [4.78, 5) is 0. The third kappa shape index (κ3) is 6.58. The first-order chi connectivity index (χ1) is 5.62. The van der Waals surface area contributed by atoms with Gasteiger partial charge in [0.2, 0.25) is 0 Å². The van der Waals surface area contributed by atoms with Gasteiger partial charge in [-0.1, -0.05) is 0 Å². The first kappa shape index (κ1) is 11.9. The molecule has 0 fully saturated rings. The second-order valence-corrected chi connectivity index (χ2v) is 3.34. The largest absolute Gasteiger partial charge is 0.379 e. The van der Waals surface area contributed by atoms with Gasteiger partial charge in [0.05, 0.1) is 18.8 Å². The van der Waals surface area contributed by atoms with Crippen LogP contribution in [-0.2, 0) is 9.47 Å². The van der Waals surface area contributed by atoms with Gasteiger partial charge in [-0.25, -0.2) is 0 Å². The van der Waals surface area contributed by atoms with Gasteiger partial charge >= 0.3 is 0 Å². The van der Waals surface area contributed by atoms with Crippen LogP contribution >= 0.6 is 0 Å². The fraction of sp³-hybridized carbons (Fsp3) is 1.00. The zero-order chi connectivity index (χ0) is 9.45. The molecule has 3 heteroatoms. The SMILES string of the molecule is CCOCCOC(C)(C)CNC. The number of likely N-dealkylation sites (N-methyl/N-ethyl adjacent to an activating group) is 1. The maximum Gasteiger partial charge on any atom is 0.0751 e. The highest BCUT2D eigenvalue weighted by molar-refractivity contribution is 4.70. The Labute approximate surface area is 75.4 Å². The van der Waals surface area contributed by atoms with Gasteiger partial charge in [0.15, 0.2) is 0 Å². The van der Waals surface area contributed by atoms with Crippen LogP contribution < -0.4 is 5.32 Å². The molecule has 0 saturated carbocycles. The molecule has 0 atom stereocenters. The number of ether oxygens (including phenoxy) is 2. The third-order valence-electron chi connectivity index (χ3n) is 1.53. The van der Waals surface area contributed by atoms with E-state index in [9.17, 15) is 0 Å². The average molecular weight is 175 g/mol. The Bertz CT molecular complexity index is 105. The molecule has 0 aromatic carbocycles. The molecule has 0 unspecified atom stereocenters. The molecule has 0 aromatic rings. The van der Waals surface area contributed by atoms with Crippen LogP contribution in [0.15, 0.2) is 0 Å². The van der Waals surface area contributed by atoms with E-state index < -0.39 is 0 Å². The normalized spacial score (nSPS) is 12.0. The maximum atomic E-state index is 5.58. The van der Waals surface area contributed by atoms with E-state index in [4.69, 9.17) is 9.47 Å². The van der Waals surface area contributed by atoms with Crippen molar-refractivity contribution < 1.29 is 9.47 Å². The van der Waals surface area contributed by atoms with Crippen LogP contribution in [0, 0.1) is 0 Å². The standard InChI is InChI=1S/C9H21NO2/c1-5-11-6-7-12-9(2,3)8-10-4/h10H,5-8H2,1-4H3. The molecule has 0 heterocycles. The van der Waals surface area contributed by atoms with Crippen LogP contribution in [0.5, 0.6) is 0 Å². The minimum atomic E-state index is -0.0914. The summed E-state index contributed by atoms with van der Waals surface area (Å²) in [5.74, 6) is 0. The smallest absolute Gasteiger partial charge is 0.0751 e. The molecule has 0 aliphatic rings. The fourth-order valence-corrected chi connectivity index (χ4v) is 0.998. The molecule has 0 saturated heterocycles. The molecule has 0 rings (SSSR count). The average Bonchev–Trinajstić information content (AvgIpc) is 1.98. The van der Waals surface area contributed by atoms with Gasteiger partial charge in [-0.15, -0.1) is 0 Å². The van der Waals surface area contributed by atoms with Crippen molar-refractivity contribution in [2.24, 2.45) is 0 Å². The van der Waals surface area contributed by atoms with E-state index in [1.807, 2.05) is 14.0 Å². The zero-order valence-electron chi connectivity index (χ0n) is 8.64. The van der Waals surface area contributed by atoms with Gasteiger partial charge in [-0.3, -0.25) is 0 Å². The van der Waals surface area contributed by atoms with E-state index >= 15 is 0 Å². The highest BCUT2D eigenvalue weighted by atomic mass is 16.5. The molecule has 0 amide bonds. The molecular weight excluding hydrogens is 154 g/mol. The van der Waals surface area contributed by atoms with Crippen molar-refractivity contribution in [3.05, 3.63) is 0 Å². The molecule has 12 heavy (non-hydrogen) atoms. The molecule has 0 aliphatic heterocycles. The van der Waals surface area contributed by atoms with Crippen molar-refractivity contribution in [3.63, 3.8) is 0 Å². The number of hydrogen-bond acceptors (Lipinski definition) is 3. The van der Waals surface area contributed by atoms with E-state index in [1.165, 1.54) is 0 Å². The Hall–Kier alpha value is -0.120. The third-order valence-corrected chi connectivity index (χ3v) is 1.53. The van der Waals surface area contributed by atoms with Crippen LogP contribution in [0.2, 0.25) is 0 Å². The lowest BCUT2D eigenvalue weighted by Gasteiger charge is -2.24.